The van der Waals surface area contributed by atoms with Gasteiger partial charge in [-0.2, -0.15) is 0 Å². The summed E-state index contributed by atoms with van der Waals surface area (Å²) >= 11 is 0. The fraction of sp³-hybridized carbons (Fsp3) is 0.229. The number of nitrogen functional groups attached to an aromatic ring is 1. The maximum atomic E-state index is 12.3. The minimum Gasteiger partial charge on any atom is -0.491 e. The SMILES string of the molecule is [B]C(O)(O)N(c1c(OC)c(=O)c1=O)C1CCN(Cc2ccc(-n3c(-c4cccnc4N)nc4ccc(-c5ccccc5)nc43)cc2)CC1. The number of likely N-dealkylation sites (tertiary alicyclic amines) is 1. The van der Waals surface area contributed by atoms with Gasteiger partial charge in [-0.3, -0.25) is 19.1 Å². The van der Waals surface area contributed by atoms with Gasteiger partial charge in [-0.15, -0.1) is 0 Å². The van der Waals surface area contributed by atoms with E-state index in [0.29, 0.717) is 55.3 Å². The molecule has 7 rings (SSSR count). The predicted molar refractivity (Wildman–Crippen MR) is 184 cm³/mol. The Morgan fingerprint density at radius 1 is 0.958 bits per heavy atom. The number of benzene rings is 2. The van der Waals surface area contributed by atoms with Crippen molar-refractivity contribution in [2.45, 2.75) is 31.2 Å². The number of fused-ring (bicyclic) bond motifs is 1. The fourth-order valence-corrected chi connectivity index (χ4v) is 6.49. The van der Waals surface area contributed by atoms with Crippen molar-refractivity contribution >= 4 is 30.5 Å². The molecule has 0 unspecified atom stereocenters. The number of aliphatic hydroxyl groups is 2. The first-order chi connectivity index (χ1) is 23.1. The average Bonchev–Trinajstić information content (AvgIpc) is 3.47. The highest BCUT2D eigenvalue weighted by Crippen LogP contribution is 2.34. The summed E-state index contributed by atoms with van der Waals surface area (Å²) < 4.78 is 7.03. The summed E-state index contributed by atoms with van der Waals surface area (Å²) in [7, 11) is 6.89. The molecule has 13 heteroatoms. The molecule has 2 radical (unpaired) electrons. The lowest BCUT2D eigenvalue weighted by molar-refractivity contribution is -0.0942. The number of hydrogen-bond acceptors (Lipinski definition) is 11. The lowest BCUT2D eigenvalue weighted by Gasteiger charge is -2.45. The smallest absolute Gasteiger partial charge is 0.272 e. The highest BCUT2D eigenvalue weighted by molar-refractivity contribution is 6.14. The maximum absolute atomic E-state index is 12.3. The van der Waals surface area contributed by atoms with Crippen molar-refractivity contribution in [2.75, 3.05) is 30.8 Å². The highest BCUT2D eigenvalue weighted by Gasteiger charge is 2.41. The van der Waals surface area contributed by atoms with Gasteiger partial charge in [-0.25, -0.2) is 15.0 Å². The van der Waals surface area contributed by atoms with Crippen LogP contribution >= 0.6 is 0 Å². The Bertz CT molecular complexity index is 2170. The van der Waals surface area contributed by atoms with Crippen molar-refractivity contribution in [3.05, 3.63) is 111 Å². The van der Waals surface area contributed by atoms with Crippen LogP contribution in [-0.2, 0) is 6.54 Å². The van der Waals surface area contributed by atoms with Gasteiger partial charge in [0.2, 0.25) is 0 Å². The molecule has 0 spiro atoms. The van der Waals surface area contributed by atoms with Crippen molar-refractivity contribution in [1.82, 2.24) is 24.4 Å². The van der Waals surface area contributed by atoms with Crippen LogP contribution in [0, 0.1) is 0 Å². The molecule has 4 heterocycles. The number of ether oxygens (including phenoxy) is 1. The van der Waals surface area contributed by atoms with Crippen LogP contribution < -0.4 is 26.2 Å². The third-order valence-electron chi connectivity index (χ3n) is 8.82. The Kier molecular flexibility index (Phi) is 8.03. The Labute approximate surface area is 276 Å². The van der Waals surface area contributed by atoms with Crippen molar-refractivity contribution in [3.63, 3.8) is 0 Å². The Balaban J connectivity index is 1.14. The first-order valence-electron chi connectivity index (χ1n) is 15.5. The van der Waals surface area contributed by atoms with Gasteiger partial charge in [0, 0.05) is 43.1 Å². The molecule has 1 aliphatic rings. The van der Waals surface area contributed by atoms with Crippen LogP contribution in [0.2, 0.25) is 0 Å². The fourth-order valence-electron chi connectivity index (χ4n) is 6.49. The number of nitrogens with zero attached hydrogens (tertiary/aromatic N) is 6. The highest BCUT2D eigenvalue weighted by atomic mass is 16.5. The standard InChI is InChI=1S/C35H32BN7O5/c1-48-31-28(29(44)30(31)45)43(35(36,46)47)24-15-18-41(19-16-24)20-21-9-11-23(12-10-21)42-33(25-8-5-17-38-32(25)37)40-27-14-13-26(39-34(27)42)22-6-3-2-4-7-22/h2-14,17,24,46-47H,15-16,18-20H2,1H3,(H2,37,38). The van der Waals surface area contributed by atoms with Crippen LogP contribution in [0.4, 0.5) is 11.5 Å². The molecule has 3 aromatic carbocycles. The number of anilines is 2. The number of hydrogen-bond donors (Lipinski definition) is 3. The maximum Gasteiger partial charge on any atom is 0.272 e. The predicted octanol–water partition coefficient (Wildman–Crippen LogP) is 2.57. The molecular weight excluding hydrogens is 609 g/mol. The summed E-state index contributed by atoms with van der Waals surface area (Å²) in [5.41, 5.74) is 10.3. The number of imidazole rings is 1. The van der Waals surface area contributed by atoms with E-state index in [1.165, 1.54) is 7.11 Å². The zero-order valence-corrected chi connectivity index (χ0v) is 26.2. The summed E-state index contributed by atoms with van der Waals surface area (Å²) in [4.78, 5) is 41.7. The third-order valence-corrected chi connectivity index (χ3v) is 8.82. The van der Waals surface area contributed by atoms with Gasteiger partial charge in [-0.1, -0.05) is 42.5 Å². The molecule has 3 aromatic heterocycles. The van der Waals surface area contributed by atoms with Gasteiger partial charge >= 0.3 is 0 Å². The minimum absolute atomic E-state index is 0.200. The molecule has 12 nitrogen and oxygen atoms in total. The van der Waals surface area contributed by atoms with Gasteiger partial charge in [0.05, 0.1) is 18.4 Å². The molecule has 1 saturated heterocycles. The molecule has 48 heavy (non-hydrogen) atoms. The molecule has 1 fully saturated rings. The van der Waals surface area contributed by atoms with E-state index in [0.717, 1.165) is 32.9 Å². The topological polar surface area (TPSA) is 160 Å². The second-order valence-electron chi connectivity index (χ2n) is 11.9. The van der Waals surface area contributed by atoms with Gasteiger partial charge in [0.15, 0.2) is 30.9 Å². The Morgan fingerprint density at radius 3 is 2.35 bits per heavy atom. The summed E-state index contributed by atoms with van der Waals surface area (Å²) in [6.45, 7) is 1.84. The number of methoxy groups -OCH3 is 1. The second kappa shape index (κ2) is 12.3. The van der Waals surface area contributed by atoms with Crippen LogP contribution in [0.25, 0.3) is 39.5 Å². The molecule has 4 N–H and O–H groups in total. The van der Waals surface area contributed by atoms with E-state index in [1.54, 1.807) is 6.20 Å². The van der Waals surface area contributed by atoms with Crippen LogP contribution in [0.1, 0.15) is 18.4 Å². The lowest BCUT2D eigenvalue weighted by Crippen LogP contribution is -2.60. The molecule has 6 aromatic rings. The summed E-state index contributed by atoms with van der Waals surface area (Å²) in [5.74, 6) is -2.04. The van der Waals surface area contributed by atoms with Crippen LogP contribution in [0.3, 0.4) is 0 Å². The van der Waals surface area contributed by atoms with Crippen molar-refractivity contribution in [2.24, 2.45) is 0 Å². The molecular formula is C35H32BN7O5. The van der Waals surface area contributed by atoms with E-state index in [1.807, 2.05) is 71.3 Å². The largest absolute Gasteiger partial charge is 0.491 e. The average molecular weight is 641 g/mol. The van der Waals surface area contributed by atoms with Gasteiger partial charge in [-0.05, 0) is 54.8 Å². The molecule has 0 aliphatic carbocycles. The van der Waals surface area contributed by atoms with Crippen LogP contribution in [0.15, 0.2) is 94.6 Å². The van der Waals surface area contributed by atoms with Crippen LogP contribution in [-0.4, -0.2) is 74.5 Å². The van der Waals surface area contributed by atoms with Crippen molar-refractivity contribution < 1.29 is 14.9 Å². The zero-order chi connectivity index (χ0) is 33.6. The number of nitrogens with two attached hydrogens (primary N) is 1. The normalized spacial score (nSPS) is 14.5. The molecule has 0 amide bonds. The van der Waals surface area contributed by atoms with Crippen molar-refractivity contribution in [3.8, 4) is 34.1 Å². The van der Waals surface area contributed by atoms with E-state index in [4.69, 9.17) is 28.3 Å². The van der Waals surface area contributed by atoms with Gasteiger partial charge in [0.25, 0.3) is 10.9 Å². The van der Waals surface area contributed by atoms with Gasteiger partial charge < -0.3 is 25.6 Å². The molecule has 0 atom stereocenters. The van der Waals surface area contributed by atoms with Crippen LogP contribution in [0.5, 0.6) is 5.75 Å². The van der Waals surface area contributed by atoms with E-state index >= 15 is 0 Å². The molecule has 240 valence electrons. The molecule has 0 saturated carbocycles. The molecule has 0 bridgehead atoms. The first kappa shape index (κ1) is 31.2. The molecule has 1 aliphatic heterocycles. The van der Waals surface area contributed by atoms with E-state index < -0.39 is 22.7 Å². The van der Waals surface area contributed by atoms with E-state index in [2.05, 4.69) is 22.0 Å². The second-order valence-corrected chi connectivity index (χ2v) is 11.9. The van der Waals surface area contributed by atoms with E-state index in [9.17, 15) is 19.8 Å². The monoisotopic (exact) mass is 641 g/mol. The van der Waals surface area contributed by atoms with E-state index in [-0.39, 0.29) is 11.4 Å². The number of rotatable bonds is 9. The number of aromatic nitrogens is 4. The first-order valence-corrected chi connectivity index (χ1v) is 15.5. The van der Waals surface area contributed by atoms with Crippen molar-refractivity contribution in [1.29, 1.82) is 0 Å². The summed E-state index contributed by atoms with van der Waals surface area (Å²) in [6.07, 6.45) is 2.60. The van der Waals surface area contributed by atoms with Gasteiger partial charge in [0.1, 0.15) is 17.0 Å². The minimum atomic E-state index is -2.83. The Morgan fingerprint density at radius 2 is 1.69 bits per heavy atom. The Hall–Kier alpha value is -5.37. The number of pyridine rings is 2. The number of piperidine rings is 1. The third kappa shape index (κ3) is 5.61. The summed E-state index contributed by atoms with van der Waals surface area (Å²) in [6, 6.07) is 25.3. The summed E-state index contributed by atoms with van der Waals surface area (Å²) in [5, 5.41) is 20.6. The lowest BCUT2D eigenvalue weighted by atomic mass is 9.93. The zero-order valence-electron chi connectivity index (χ0n) is 26.2. The quantitative estimate of drug-likeness (QED) is 0.121.